The van der Waals surface area contributed by atoms with Gasteiger partial charge in [-0.15, -0.1) is 11.3 Å². The van der Waals surface area contributed by atoms with Crippen LogP contribution >= 0.6 is 11.3 Å². The molecule has 5 heteroatoms. The average Bonchev–Trinajstić information content (AvgIpc) is 3.08. The topological polar surface area (TPSA) is 44.9 Å². The summed E-state index contributed by atoms with van der Waals surface area (Å²) in [7, 11) is 1.98. The van der Waals surface area contributed by atoms with E-state index in [1.165, 1.54) is 20.5 Å². The minimum absolute atomic E-state index is 0.551. The highest BCUT2D eigenvalue weighted by Crippen LogP contribution is 2.40. The molecule has 29 heavy (non-hydrogen) atoms. The van der Waals surface area contributed by atoms with E-state index in [1.807, 2.05) is 23.7 Å². The maximum Gasteiger partial charge on any atom is 0.287 e. The van der Waals surface area contributed by atoms with Gasteiger partial charge in [-0.2, -0.15) is 5.26 Å². The molecule has 136 valence electrons. The smallest absolute Gasteiger partial charge is 0.238 e. The molecule has 0 saturated heterocycles. The van der Waals surface area contributed by atoms with E-state index in [1.54, 1.807) is 23.7 Å². The summed E-state index contributed by atoms with van der Waals surface area (Å²) in [5.41, 5.74) is 4.08. The van der Waals surface area contributed by atoms with Crippen molar-refractivity contribution in [3.05, 3.63) is 77.4 Å². The summed E-state index contributed by atoms with van der Waals surface area (Å²) in [5, 5.41) is 13.8. The monoisotopic (exact) mass is 391 g/mol. The third-order valence-electron chi connectivity index (χ3n) is 5.36. The van der Waals surface area contributed by atoms with Crippen LogP contribution in [0.1, 0.15) is 11.1 Å². The Balaban J connectivity index is 1.96. The van der Waals surface area contributed by atoms with E-state index in [-0.39, 0.29) is 0 Å². The largest absolute Gasteiger partial charge is 0.287 e. The fourth-order valence-corrected chi connectivity index (χ4v) is 5.27. The highest BCUT2D eigenvalue weighted by atomic mass is 32.1. The van der Waals surface area contributed by atoms with Crippen molar-refractivity contribution in [2.75, 3.05) is 0 Å². The van der Waals surface area contributed by atoms with Gasteiger partial charge in [-0.3, -0.25) is 0 Å². The summed E-state index contributed by atoms with van der Waals surface area (Å²) >= 11 is 1.75. The van der Waals surface area contributed by atoms with E-state index in [0.717, 1.165) is 21.9 Å². The SMILES string of the molecule is [C-]#[N+]c1ccc2c(C#N)c3nc[n+](C)c(-c4sc5ccccc5c4C)c3cc2c1. The minimum Gasteiger partial charge on any atom is -0.238 e. The second-order valence-electron chi connectivity index (χ2n) is 7.03. The lowest BCUT2D eigenvalue weighted by Crippen LogP contribution is -2.31. The van der Waals surface area contributed by atoms with Crippen LogP contribution in [0.3, 0.4) is 0 Å². The Morgan fingerprint density at radius 2 is 1.93 bits per heavy atom. The molecule has 0 aliphatic carbocycles. The van der Waals surface area contributed by atoms with Crippen molar-refractivity contribution in [2.24, 2.45) is 7.05 Å². The van der Waals surface area contributed by atoms with Crippen LogP contribution in [0.15, 0.2) is 54.9 Å². The summed E-state index contributed by atoms with van der Waals surface area (Å²) in [6, 6.07) is 18.2. The second-order valence-corrected chi connectivity index (χ2v) is 8.09. The fourth-order valence-electron chi connectivity index (χ4n) is 3.96. The molecule has 0 radical (unpaired) electrons. The summed E-state index contributed by atoms with van der Waals surface area (Å²) in [5.74, 6) is 0. The number of rotatable bonds is 1. The first-order chi connectivity index (χ1) is 14.1. The molecule has 3 aromatic carbocycles. The molecule has 2 heterocycles. The lowest BCUT2D eigenvalue weighted by Gasteiger charge is -2.08. The van der Waals surface area contributed by atoms with Crippen molar-refractivity contribution in [2.45, 2.75) is 6.92 Å². The Morgan fingerprint density at radius 3 is 2.69 bits per heavy atom. The molecule has 0 spiro atoms. The van der Waals surface area contributed by atoms with Gasteiger partial charge in [-0.05, 0) is 46.4 Å². The molecule has 5 rings (SSSR count). The number of thiophene rings is 1. The van der Waals surface area contributed by atoms with Crippen molar-refractivity contribution in [3.8, 4) is 16.6 Å². The van der Waals surface area contributed by atoms with Crippen molar-refractivity contribution in [3.63, 3.8) is 0 Å². The number of nitrogens with zero attached hydrogens (tertiary/aromatic N) is 4. The second kappa shape index (κ2) is 6.38. The summed E-state index contributed by atoms with van der Waals surface area (Å²) < 4.78 is 3.26. The molecule has 0 aliphatic heterocycles. The van der Waals surface area contributed by atoms with Crippen molar-refractivity contribution in [1.82, 2.24) is 4.98 Å². The Bertz CT molecular complexity index is 1550. The van der Waals surface area contributed by atoms with Crippen LogP contribution in [-0.2, 0) is 7.05 Å². The molecular weight excluding hydrogens is 376 g/mol. The minimum atomic E-state index is 0.551. The molecular formula is C24H15N4S+. The number of benzene rings is 3. The van der Waals surface area contributed by atoms with E-state index in [0.29, 0.717) is 16.8 Å². The molecule has 0 fully saturated rings. The zero-order valence-electron chi connectivity index (χ0n) is 15.9. The third kappa shape index (κ3) is 2.49. The molecule has 5 aromatic rings. The molecule has 2 aromatic heterocycles. The Kier molecular flexibility index (Phi) is 3.81. The molecule has 0 amide bonds. The third-order valence-corrected chi connectivity index (χ3v) is 6.64. The van der Waals surface area contributed by atoms with Crippen molar-refractivity contribution in [1.29, 1.82) is 5.26 Å². The van der Waals surface area contributed by atoms with Crippen molar-refractivity contribution < 1.29 is 4.57 Å². The predicted molar refractivity (Wildman–Crippen MR) is 117 cm³/mol. The predicted octanol–water partition coefficient (Wildman–Crippen LogP) is 5.83. The summed E-state index contributed by atoms with van der Waals surface area (Å²) in [6.45, 7) is 9.47. The van der Waals surface area contributed by atoms with Gasteiger partial charge in [0.2, 0.25) is 5.52 Å². The Labute approximate surface area is 171 Å². The molecule has 0 aliphatic rings. The standard InChI is InChI=1S/C24H15N4S/c1-14-17-6-4-5-7-21(17)29-24(14)23-19-11-15-10-16(26-2)8-9-18(15)20(12-25)22(19)27-13-28(23)3/h4-11,13H,1,3H3/q+1. The number of hydrogen-bond donors (Lipinski definition) is 0. The maximum absolute atomic E-state index is 9.91. The van der Waals surface area contributed by atoms with Gasteiger partial charge in [-0.25, -0.2) is 9.41 Å². The highest BCUT2D eigenvalue weighted by Gasteiger charge is 2.23. The van der Waals surface area contributed by atoms with E-state index >= 15 is 0 Å². The first kappa shape index (κ1) is 17.3. The van der Waals surface area contributed by atoms with Crippen LogP contribution in [0.2, 0.25) is 0 Å². The summed E-state index contributed by atoms with van der Waals surface area (Å²) in [4.78, 5) is 9.32. The lowest BCUT2D eigenvalue weighted by molar-refractivity contribution is -0.662. The van der Waals surface area contributed by atoms with Crippen LogP contribution < -0.4 is 4.57 Å². The van der Waals surface area contributed by atoms with Gasteiger partial charge in [-0.1, -0.05) is 30.3 Å². The number of aryl methyl sites for hydroxylation is 2. The Morgan fingerprint density at radius 1 is 1.10 bits per heavy atom. The summed E-state index contributed by atoms with van der Waals surface area (Å²) in [6.07, 6.45) is 1.78. The van der Waals surface area contributed by atoms with Crippen molar-refractivity contribution >= 4 is 48.8 Å². The van der Waals surface area contributed by atoms with Gasteiger partial charge in [0.25, 0.3) is 6.33 Å². The maximum atomic E-state index is 9.91. The molecule has 4 nitrogen and oxygen atoms in total. The van der Waals surface area contributed by atoms with Crippen LogP contribution in [0, 0.1) is 24.8 Å². The normalized spacial score (nSPS) is 11.0. The molecule has 0 N–H and O–H groups in total. The first-order valence-corrected chi connectivity index (χ1v) is 9.95. The van der Waals surface area contributed by atoms with Gasteiger partial charge >= 0.3 is 0 Å². The molecule has 0 atom stereocenters. The van der Waals surface area contributed by atoms with E-state index < -0.39 is 0 Å². The number of fused-ring (bicyclic) bond motifs is 3. The first-order valence-electron chi connectivity index (χ1n) is 9.13. The molecule has 0 saturated carbocycles. The molecule has 0 bridgehead atoms. The fraction of sp³-hybridized carbons (Fsp3) is 0.0833. The number of nitriles is 1. The Hall–Kier alpha value is -3.80. The highest BCUT2D eigenvalue weighted by molar-refractivity contribution is 7.22. The van der Waals surface area contributed by atoms with Crippen LogP contribution in [-0.4, -0.2) is 4.98 Å². The quantitative estimate of drug-likeness (QED) is 0.205. The van der Waals surface area contributed by atoms with E-state index in [9.17, 15) is 5.26 Å². The lowest BCUT2D eigenvalue weighted by atomic mass is 9.98. The van der Waals surface area contributed by atoms with Crippen LogP contribution in [0.5, 0.6) is 0 Å². The van der Waals surface area contributed by atoms with Gasteiger partial charge in [0, 0.05) is 10.1 Å². The number of hydrogen-bond acceptors (Lipinski definition) is 3. The van der Waals surface area contributed by atoms with Gasteiger partial charge in [0.15, 0.2) is 11.4 Å². The zero-order chi connectivity index (χ0) is 20.1. The van der Waals surface area contributed by atoms with Crippen LogP contribution in [0.25, 0.3) is 47.2 Å². The number of aromatic nitrogens is 2. The van der Waals surface area contributed by atoms with Gasteiger partial charge < -0.3 is 0 Å². The average molecular weight is 391 g/mol. The van der Waals surface area contributed by atoms with E-state index in [4.69, 9.17) is 6.57 Å². The van der Waals surface area contributed by atoms with Crippen LogP contribution in [0.4, 0.5) is 5.69 Å². The van der Waals surface area contributed by atoms with Gasteiger partial charge in [0.05, 0.1) is 23.9 Å². The van der Waals surface area contributed by atoms with Gasteiger partial charge in [0.1, 0.15) is 11.6 Å². The van der Waals surface area contributed by atoms with E-state index in [2.05, 4.69) is 53.2 Å². The zero-order valence-corrected chi connectivity index (χ0v) is 16.7. The molecule has 0 unspecified atom stereocenters.